The van der Waals surface area contributed by atoms with Crippen LogP contribution in [0.2, 0.25) is 0 Å². The van der Waals surface area contributed by atoms with Crippen molar-refractivity contribution >= 4 is 18.0 Å². The molecule has 0 bridgehead atoms. The average Bonchev–Trinajstić information content (AvgIpc) is 2.77. The van der Waals surface area contributed by atoms with Crippen LogP contribution >= 0.6 is 0 Å². The number of carboxylic acid groups (broad SMARTS) is 1. The minimum absolute atomic E-state index is 0.0934. The van der Waals surface area contributed by atoms with Crippen LogP contribution in [-0.2, 0) is 14.3 Å². The summed E-state index contributed by atoms with van der Waals surface area (Å²) < 4.78 is 4.39. The summed E-state index contributed by atoms with van der Waals surface area (Å²) in [5.41, 5.74) is 5.36. The molecule has 9 heteroatoms. The molecule has 0 aliphatic carbocycles. The smallest absolute Gasteiger partial charge is 0.411 e. The molecule has 0 radical (unpaired) electrons. The Labute approximate surface area is 102 Å². The van der Waals surface area contributed by atoms with Gasteiger partial charge in [-0.2, -0.15) is 0 Å². The number of hydrazine groups is 1. The average molecular weight is 256 g/mol. The number of hydrogen-bond acceptors (Lipinski definition) is 6. The molecular formula is C9H12N4O5. The molecule has 2 rings (SSSR count). The Kier molecular flexibility index (Phi) is 2.93. The maximum atomic E-state index is 11.7. The fourth-order valence-corrected chi connectivity index (χ4v) is 1.95. The van der Waals surface area contributed by atoms with Crippen LogP contribution < -0.4 is 11.1 Å². The SMILES string of the molecule is COC(=O)NC1=C(C(=O)O)N2C(=O)[C@@H](N)CN2C1. The lowest BCUT2D eigenvalue weighted by Crippen LogP contribution is -2.37. The van der Waals surface area contributed by atoms with Gasteiger partial charge in [0.15, 0.2) is 5.70 Å². The largest absolute Gasteiger partial charge is 0.476 e. The number of aliphatic carboxylic acids is 1. The van der Waals surface area contributed by atoms with Crippen molar-refractivity contribution in [2.24, 2.45) is 5.73 Å². The zero-order valence-electron chi connectivity index (χ0n) is 9.54. The molecule has 0 aromatic heterocycles. The monoisotopic (exact) mass is 256 g/mol. The first-order chi connectivity index (χ1) is 8.45. The first-order valence-corrected chi connectivity index (χ1v) is 5.11. The van der Waals surface area contributed by atoms with Gasteiger partial charge in [0.1, 0.15) is 6.04 Å². The highest BCUT2D eigenvalue weighted by molar-refractivity contribution is 5.97. The Morgan fingerprint density at radius 2 is 2.22 bits per heavy atom. The van der Waals surface area contributed by atoms with Crippen molar-refractivity contribution in [1.82, 2.24) is 15.3 Å². The third-order valence-electron chi connectivity index (χ3n) is 2.70. The molecular weight excluding hydrogens is 244 g/mol. The minimum atomic E-state index is -1.31. The number of amides is 2. The van der Waals surface area contributed by atoms with E-state index in [4.69, 9.17) is 10.8 Å². The fourth-order valence-electron chi connectivity index (χ4n) is 1.95. The van der Waals surface area contributed by atoms with Gasteiger partial charge in [0.2, 0.25) is 0 Å². The van der Waals surface area contributed by atoms with Crippen LogP contribution in [0.25, 0.3) is 0 Å². The molecule has 2 amide bonds. The van der Waals surface area contributed by atoms with E-state index < -0.39 is 24.0 Å². The van der Waals surface area contributed by atoms with Gasteiger partial charge in [-0.05, 0) is 0 Å². The highest BCUT2D eigenvalue weighted by Gasteiger charge is 2.46. The predicted molar refractivity (Wildman–Crippen MR) is 56.6 cm³/mol. The Hall–Kier alpha value is -2.13. The van der Waals surface area contributed by atoms with Gasteiger partial charge in [-0.15, -0.1) is 0 Å². The van der Waals surface area contributed by atoms with Gasteiger partial charge >= 0.3 is 12.1 Å². The molecule has 9 nitrogen and oxygen atoms in total. The quantitative estimate of drug-likeness (QED) is 0.523. The lowest BCUT2D eigenvalue weighted by Gasteiger charge is -2.18. The molecule has 98 valence electrons. The van der Waals surface area contributed by atoms with E-state index in [9.17, 15) is 14.4 Å². The first-order valence-electron chi connectivity index (χ1n) is 5.11. The first kappa shape index (κ1) is 12.3. The van der Waals surface area contributed by atoms with Crippen molar-refractivity contribution in [1.29, 1.82) is 0 Å². The Balaban J connectivity index is 2.32. The standard InChI is InChI=1S/C9H12N4O5/c1-18-9(17)11-5-3-12-2-4(10)7(14)13(12)6(5)8(15)16/h4H,2-3,10H2,1H3,(H,11,17)(H,15,16)/t4-/m0/s1. The molecule has 0 aromatic carbocycles. The molecule has 0 saturated carbocycles. The lowest BCUT2D eigenvalue weighted by molar-refractivity contribution is -0.143. The Morgan fingerprint density at radius 1 is 1.56 bits per heavy atom. The second kappa shape index (κ2) is 4.27. The number of methoxy groups -OCH3 is 1. The molecule has 0 spiro atoms. The lowest BCUT2D eigenvalue weighted by atomic mass is 10.2. The van der Waals surface area contributed by atoms with E-state index in [-0.39, 0.29) is 24.5 Å². The van der Waals surface area contributed by atoms with E-state index in [2.05, 4.69) is 10.1 Å². The molecule has 1 fully saturated rings. The van der Waals surface area contributed by atoms with Gasteiger partial charge in [-0.1, -0.05) is 0 Å². The number of ether oxygens (including phenoxy) is 1. The maximum absolute atomic E-state index is 11.7. The third-order valence-corrected chi connectivity index (χ3v) is 2.70. The van der Waals surface area contributed by atoms with E-state index in [1.165, 1.54) is 5.01 Å². The van der Waals surface area contributed by atoms with Gasteiger partial charge in [0.25, 0.3) is 5.91 Å². The topological polar surface area (TPSA) is 125 Å². The third kappa shape index (κ3) is 1.79. The summed E-state index contributed by atoms with van der Waals surface area (Å²) in [4.78, 5) is 34.0. The van der Waals surface area contributed by atoms with Crippen LogP contribution in [0.3, 0.4) is 0 Å². The van der Waals surface area contributed by atoms with E-state index in [0.29, 0.717) is 0 Å². The van der Waals surface area contributed by atoms with Crippen LogP contribution in [0.15, 0.2) is 11.4 Å². The summed E-state index contributed by atoms with van der Waals surface area (Å²) in [6.07, 6.45) is -0.789. The van der Waals surface area contributed by atoms with Crippen LogP contribution in [0.5, 0.6) is 0 Å². The summed E-state index contributed by atoms with van der Waals surface area (Å²) in [5, 5.41) is 13.8. The number of rotatable bonds is 2. The van der Waals surface area contributed by atoms with E-state index >= 15 is 0 Å². The predicted octanol–water partition coefficient (Wildman–Crippen LogP) is -1.96. The molecule has 18 heavy (non-hydrogen) atoms. The molecule has 0 aromatic rings. The molecule has 1 saturated heterocycles. The Morgan fingerprint density at radius 3 is 2.78 bits per heavy atom. The van der Waals surface area contributed by atoms with Crippen molar-refractivity contribution in [2.75, 3.05) is 20.2 Å². The highest BCUT2D eigenvalue weighted by Crippen LogP contribution is 2.27. The number of carbonyl (C=O) groups excluding carboxylic acids is 2. The highest BCUT2D eigenvalue weighted by atomic mass is 16.5. The Bertz CT molecular complexity index is 460. The summed E-state index contributed by atoms with van der Waals surface area (Å²) in [6.45, 7) is 0.304. The van der Waals surface area contributed by atoms with Crippen LogP contribution in [0.4, 0.5) is 4.79 Å². The van der Waals surface area contributed by atoms with Crippen LogP contribution in [0.1, 0.15) is 0 Å². The van der Waals surface area contributed by atoms with E-state index in [1.807, 2.05) is 0 Å². The number of fused-ring (bicyclic) bond motifs is 1. The van der Waals surface area contributed by atoms with Crippen molar-refractivity contribution in [3.05, 3.63) is 11.4 Å². The molecule has 0 unspecified atom stereocenters. The summed E-state index contributed by atoms with van der Waals surface area (Å²) >= 11 is 0. The number of carboxylic acids is 1. The van der Waals surface area contributed by atoms with Crippen LogP contribution in [0, 0.1) is 0 Å². The summed E-state index contributed by atoms with van der Waals surface area (Å²) in [7, 11) is 1.16. The van der Waals surface area contributed by atoms with Crippen LogP contribution in [-0.4, -0.2) is 59.3 Å². The molecule has 4 N–H and O–H groups in total. The summed E-state index contributed by atoms with van der Waals surface area (Å²) in [5.74, 6) is -1.82. The van der Waals surface area contributed by atoms with Gasteiger partial charge in [0, 0.05) is 6.54 Å². The second-order valence-corrected chi connectivity index (χ2v) is 3.85. The van der Waals surface area contributed by atoms with E-state index in [0.717, 1.165) is 12.1 Å². The van der Waals surface area contributed by atoms with Gasteiger partial charge < -0.3 is 15.6 Å². The number of carbonyl (C=O) groups is 3. The zero-order valence-corrected chi connectivity index (χ0v) is 9.54. The molecule has 2 heterocycles. The maximum Gasteiger partial charge on any atom is 0.411 e. The normalized spacial score (nSPS) is 23.3. The number of hydrogen-bond donors (Lipinski definition) is 3. The molecule has 1 atom stereocenters. The fraction of sp³-hybridized carbons (Fsp3) is 0.444. The second-order valence-electron chi connectivity index (χ2n) is 3.85. The number of nitrogens with zero attached hydrogens (tertiary/aromatic N) is 2. The minimum Gasteiger partial charge on any atom is -0.476 e. The van der Waals surface area contributed by atoms with Crippen molar-refractivity contribution < 1.29 is 24.2 Å². The van der Waals surface area contributed by atoms with Gasteiger partial charge in [0.05, 0.1) is 19.4 Å². The summed E-state index contributed by atoms with van der Waals surface area (Å²) in [6, 6.07) is -0.751. The molecule has 2 aliphatic heterocycles. The zero-order chi connectivity index (χ0) is 13.4. The molecule has 2 aliphatic rings. The van der Waals surface area contributed by atoms with Crippen molar-refractivity contribution in [2.45, 2.75) is 6.04 Å². The number of nitrogens with two attached hydrogens (primary N) is 1. The number of alkyl carbamates (subject to hydrolysis) is 1. The number of nitrogens with one attached hydrogen (secondary N) is 1. The van der Waals surface area contributed by atoms with Crippen molar-refractivity contribution in [3.63, 3.8) is 0 Å². The van der Waals surface area contributed by atoms with Gasteiger partial charge in [-0.25, -0.2) is 19.6 Å². The van der Waals surface area contributed by atoms with E-state index in [1.54, 1.807) is 0 Å². The van der Waals surface area contributed by atoms with Gasteiger partial charge in [-0.3, -0.25) is 10.1 Å². The van der Waals surface area contributed by atoms with Crippen molar-refractivity contribution in [3.8, 4) is 0 Å².